The molecule has 1 aliphatic heterocycles. The van der Waals surface area contributed by atoms with Crippen LogP contribution in [-0.4, -0.2) is 23.3 Å². The molecule has 3 nitrogen and oxygen atoms in total. The van der Waals surface area contributed by atoms with Crippen molar-refractivity contribution in [2.24, 2.45) is 5.92 Å². The summed E-state index contributed by atoms with van der Waals surface area (Å²) in [6, 6.07) is 9.19. The van der Waals surface area contributed by atoms with Crippen molar-refractivity contribution in [2.45, 2.75) is 164 Å². The van der Waals surface area contributed by atoms with Crippen LogP contribution < -0.4 is 0 Å². The monoisotopic (exact) mass is 833 g/mol. The summed E-state index contributed by atoms with van der Waals surface area (Å²) in [5.74, 6) is 0.131. The van der Waals surface area contributed by atoms with Crippen LogP contribution in [0, 0.1) is 19.8 Å². The first-order valence-corrected chi connectivity index (χ1v) is 25.1. The van der Waals surface area contributed by atoms with Gasteiger partial charge in [-0.3, -0.25) is 14.5 Å². The molecule has 0 saturated carbocycles. The van der Waals surface area contributed by atoms with E-state index in [0.717, 1.165) is 53.2 Å². The average molecular weight is 834 g/mol. The molecule has 0 bridgehead atoms. The van der Waals surface area contributed by atoms with Gasteiger partial charge in [0.15, 0.2) is 0 Å². The van der Waals surface area contributed by atoms with Crippen molar-refractivity contribution in [2.75, 3.05) is 6.54 Å². The molecule has 5 aromatic heterocycles. The van der Waals surface area contributed by atoms with E-state index in [1.54, 1.807) is 27.6 Å². The Morgan fingerprint density at radius 1 is 0.618 bits per heavy atom. The van der Waals surface area contributed by atoms with E-state index >= 15 is 0 Å². The highest BCUT2D eigenvalue weighted by Crippen LogP contribution is 2.54. The molecule has 0 fully saturated rings. The molecule has 6 heterocycles. The van der Waals surface area contributed by atoms with Gasteiger partial charge in [0.05, 0.1) is 16.0 Å². The van der Waals surface area contributed by atoms with Crippen molar-refractivity contribution in [3.63, 3.8) is 0 Å². The molecular weight excluding hydrogens is 771 g/mol. The second-order valence-corrected chi connectivity index (χ2v) is 22.4. The number of fused-ring (bicyclic) bond motifs is 2. The van der Waals surface area contributed by atoms with Gasteiger partial charge in [-0.15, -0.1) is 56.7 Å². The highest BCUT2D eigenvalue weighted by Gasteiger charge is 2.45. The molecule has 2 unspecified atom stereocenters. The van der Waals surface area contributed by atoms with E-state index in [1.165, 1.54) is 89.9 Å². The van der Waals surface area contributed by atoms with Crippen LogP contribution in [0.3, 0.4) is 0 Å². The van der Waals surface area contributed by atoms with E-state index in [1.807, 2.05) is 34.0 Å². The quantitative estimate of drug-likeness (QED) is 0.0579. The van der Waals surface area contributed by atoms with E-state index in [2.05, 4.69) is 93.5 Å². The highest BCUT2D eigenvalue weighted by atomic mass is 32.1. The fourth-order valence-corrected chi connectivity index (χ4v) is 15.4. The Bertz CT molecular complexity index is 2120. The first-order chi connectivity index (χ1) is 26.3. The lowest BCUT2D eigenvalue weighted by atomic mass is 9.81. The number of carbonyl (C=O) groups excluding carboxylic acids is 2. The highest BCUT2D eigenvalue weighted by molar-refractivity contribution is 7.34. The van der Waals surface area contributed by atoms with Gasteiger partial charge in [-0.1, -0.05) is 113 Å². The molecule has 1 aliphatic rings. The van der Waals surface area contributed by atoms with Crippen molar-refractivity contribution in [1.29, 1.82) is 0 Å². The Balaban J connectivity index is 1.29. The number of hydrogen-bond acceptors (Lipinski definition) is 7. The number of thiophene rings is 5. The van der Waals surface area contributed by atoms with E-state index < -0.39 is 0 Å². The summed E-state index contributed by atoms with van der Waals surface area (Å²) in [5.41, 5.74) is 4.16. The van der Waals surface area contributed by atoms with Crippen LogP contribution >= 0.6 is 56.7 Å². The van der Waals surface area contributed by atoms with E-state index in [0.29, 0.717) is 23.6 Å². The molecule has 2 atom stereocenters. The number of carbonyl (C=O) groups is 2. The second-order valence-electron chi connectivity index (χ2n) is 17.1. The van der Waals surface area contributed by atoms with Crippen molar-refractivity contribution in [1.82, 2.24) is 4.90 Å². The predicted molar refractivity (Wildman–Crippen MR) is 247 cm³/mol. The lowest BCUT2D eigenvalue weighted by molar-refractivity contribution is 0.0629. The zero-order valence-electron chi connectivity index (χ0n) is 35.1. The van der Waals surface area contributed by atoms with Crippen molar-refractivity contribution in [3.8, 4) is 29.3 Å². The molecule has 298 valence electrons. The smallest absolute Gasteiger partial charge is 0.263 e. The molecule has 0 radical (unpaired) electrons. The van der Waals surface area contributed by atoms with Crippen molar-refractivity contribution in [3.05, 3.63) is 56.3 Å². The van der Waals surface area contributed by atoms with Gasteiger partial charge in [-0.2, -0.15) is 0 Å². The van der Waals surface area contributed by atoms with Gasteiger partial charge in [0, 0.05) is 55.5 Å². The fraction of sp³-hybridized carbons (Fsp3) is 0.574. The summed E-state index contributed by atoms with van der Waals surface area (Å²) < 4.78 is 2.79. The number of amides is 2. The standard InChI is InChI=1S/C47H63NO2S5/c1-11-15-17-18-19-20-21-29(5)28-48-44(49)36-37(45(48)50)43(46(8,9)27-16-12-2)55-42(36)34-23-22-32(51-34)38-30(6)40-41(53-38)31(7)39(54-40)33-24-25-35(52-33)47(10,14-4)26-13-3/h22-25,29H,11-21,26-28H2,1-10H3. The van der Waals surface area contributed by atoms with Crippen LogP contribution in [0.1, 0.15) is 180 Å². The zero-order chi connectivity index (χ0) is 39.7. The molecule has 5 aromatic rings. The summed E-state index contributed by atoms with van der Waals surface area (Å²) >= 11 is 9.34. The summed E-state index contributed by atoms with van der Waals surface area (Å²) in [6.45, 7) is 23.4. The molecule has 0 aliphatic carbocycles. The first kappa shape index (κ1) is 42.5. The SMILES string of the molecule is CCCCCCCCC(C)CN1C(=O)c2c(-c3ccc(-c4sc5c(C)c(-c6ccc(C(C)(CC)CCC)s6)sc5c4C)s3)sc(C(C)(C)CCCC)c2C1=O. The van der Waals surface area contributed by atoms with Gasteiger partial charge < -0.3 is 0 Å². The largest absolute Gasteiger partial charge is 0.274 e. The minimum atomic E-state index is -0.183. The van der Waals surface area contributed by atoms with Gasteiger partial charge in [0.2, 0.25) is 0 Å². The molecule has 0 saturated heterocycles. The third-order valence-electron chi connectivity index (χ3n) is 12.2. The Labute approximate surface area is 351 Å². The first-order valence-electron chi connectivity index (χ1n) is 21.1. The number of aryl methyl sites for hydroxylation is 2. The Kier molecular flexibility index (Phi) is 13.8. The molecule has 2 amide bonds. The number of rotatable bonds is 20. The molecular formula is C47H63NO2S5. The Hall–Kier alpha value is -2.10. The van der Waals surface area contributed by atoms with E-state index in [9.17, 15) is 9.59 Å². The topological polar surface area (TPSA) is 37.4 Å². The zero-order valence-corrected chi connectivity index (χ0v) is 39.2. The Morgan fingerprint density at radius 3 is 1.80 bits per heavy atom. The van der Waals surface area contributed by atoms with Gasteiger partial charge in [-0.25, -0.2) is 0 Å². The van der Waals surface area contributed by atoms with Crippen LogP contribution in [-0.2, 0) is 10.8 Å². The van der Waals surface area contributed by atoms with Gasteiger partial charge in [0.1, 0.15) is 0 Å². The van der Waals surface area contributed by atoms with Gasteiger partial charge in [0.25, 0.3) is 11.8 Å². The maximum absolute atomic E-state index is 14.4. The van der Waals surface area contributed by atoms with Crippen molar-refractivity contribution < 1.29 is 9.59 Å². The average Bonchev–Trinajstić information content (AvgIpc) is 4.01. The molecule has 0 aromatic carbocycles. The second kappa shape index (κ2) is 17.8. The minimum absolute atomic E-state index is 0.0724. The third-order valence-corrected chi connectivity index (χ3v) is 19.7. The van der Waals surface area contributed by atoms with E-state index in [4.69, 9.17) is 0 Å². The van der Waals surface area contributed by atoms with Crippen LogP contribution in [0.5, 0.6) is 0 Å². The molecule has 0 spiro atoms. The predicted octanol–water partition coefficient (Wildman–Crippen LogP) is 16.7. The molecule has 55 heavy (non-hydrogen) atoms. The van der Waals surface area contributed by atoms with E-state index in [-0.39, 0.29) is 22.6 Å². The normalized spacial score (nSPS) is 15.1. The number of unbranched alkanes of at least 4 members (excludes halogenated alkanes) is 6. The number of imide groups is 1. The maximum atomic E-state index is 14.4. The van der Waals surface area contributed by atoms with Crippen LogP contribution in [0.25, 0.3) is 38.7 Å². The maximum Gasteiger partial charge on any atom is 0.263 e. The summed E-state index contributed by atoms with van der Waals surface area (Å²) in [7, 11) is 0. The minimum Gasteiger partial charge on any atom is -0.274 e. The molecule has 0 N–H and O–H groups in total. The van der Waals surface area contributed by atoms with Gasteiger partial charge >= 0.3 is 0 Å². The number of hydrogen-bond donors (Lipinski definition) is 0. The summed E-state index contributed by atoms with van der Waals surface area (Å²) in [6.07, 6.45) is 15.4. The fourth-order valence-electron chi connectivity index (χ4n) is 8.44. The molecule has 6 rings (SSSR count). The van der Waals surface area contributed by atoms with Crippen molar-refractivity contribution >= 4 is 77.9 Å². The third kappa shape index (κ3) is 8.42. The van der Waals surface area contributed by atoms with Crippen LogP contribution in [0.4, 0.5) is 0 Å². The Morgan fingerprint density at radius 2 is 1.18 bits per heavy atom. The van der Waals surface area contributed by atoms with Crippen LogP contribution in [0.15, 0.2) is 24.3 Å². The summed E-state index contributed by atoms with van der Waals surface area (Å²) in [4.78, 5) is 40.3. The summed E-state index contributed by atoms with van der Waals surface area (Å²) in [5, 5.41) is 0. The van der Waals surface area contributed by atoms with Gasteiger partial charge in [-0.05, 0) is 86.3 Å². The number of nitrogens with zero attached hydrogens (tertiary/aromatic N) is 1. The lowest BCUT2D eigenvalue weighted by Crippen LogP contribution is -2.34. The molecule has 8 heteroatoms. The lowest BCUT2D eigenvalue weighted by Gasteiger charge is -2.26. The van der Waals surface area contributed by atoms with Crippen LogP contribution in [0.2, 0.25) is 0 Å².